The smallest absolute Gasteiger partial charge is 0.265 e. The molecular weight excluding hydrogens is 278 g/mol. The third-order valence-corrected chi connectivity index (χ3v) is 3.85. The van der Waals surface area contributed by atoms with E-state index >= 15 is 0 Å². The molecule has 0 aromatic heterocycles. The zero-order valence-corrected chi connectivity index (χ0v) is 14.0. The number of ether oxygens (including phenoxy) is 1. The lowest BCUT2D eigenvalue weighted by Crippen LogP contribution is -2.42. The molecule has 1 amide bonds. The second-order valence-electron chi connectivity index (χ2n) is 6.60. The van der Waals surface area contributed by atoms with E-state index in [0.29, 0.717) is 12.5 Å². The average Bonchev–Trinajstić information content (AvgIpc) is 2.44. The lowest BCUT2D eigenvalue weighted by atomic mass is 9.97. The summed E-state index contributed by atoms with van der Waals surface area (Å²) in [6, 6.07) is 5.93. The quantitative estimate of drug-likeness (QED) is 0.873. The number of hydrogen-bond acceptors (Lipinski definition) is 4. The summed E-state index contributed by atoms with van der Waals surface area (Å²) in [6.07, 6.45) is 0.922. The Hall–Kier alpha value is -1.59. The van der Waals surface area contributed by atoms with Gasteiger partial charge in [-0.05, 0) is 44.1 Å². The van der Waals surface area contributed by atoms with Crippen LogP contribution in [0, 0.1) is 5.92 Å². The summed E-state index contributed by atoms with van der Waals surface area (Å²) < 4.78 is 5.54. The average molecular weight is 305 g/mol. The molecule has 1 unspecified atom stereocenters. The SMILES string of the molecule is CC(C)CC(N)c1ccc2c(c1)N(CCN(C)C)C(=O)CO2. The first-order valence-electron chi connectivity index (χ1n) is 7.86. The maximum Gasteiger partial charge on any atom is 0.265 e. The van der Waals surface area contributed by atoms with Crippen molar-refractivity contribution in [2.45, 2.75) is 26.3 Å². The van der Waals surface area contributed by atoms with Crippen molar-refractivity contribution in [2.24, 2.45) is 11.7 Å². The van der Waals surface area contributed by atoms with Crippen LogP contribution in [0.15, 0.2) is 18.2 Å². The summed E-state index contributed by atoms with van der Waals surface area (Å²) in [5.41, 5.74) is 8.18. The standard InChI is InChI=1S/C17H27N3O2/c1-12(2)9-14(18)13-5-6-16-15(10-13)20(8-7-19(3)4)17(21)11-22-16/h5-6,10,12,14H,7-9,11,18H2,1-4H3. The number of nitrogens with two attached hydrogens (primary N) is 1. The lowest BCUT2D eigenvalue weighted by molar-refractivity contribution is -0.121. The minimum absolute atomic E-state index is 0.00364. The lowest BCUT2D eigenvalue weighted by Gasteiger charge is -2.31. The molecule has 0 aliphatic carbocycles. The number of carbonyl (C=O) groups excluding carboxylic acids is 1. The number of hydrogen-bond donors (Lipinski definition) is 1. The first-order valence-corrected chi connectivity index (χ1v) is 7.86. The van der Waals surface area contributed by atoms with Crippen molar-refractivity contribution in [3.63, 3.8) is 0 Å². The molecule has 1 heterocycles. The summed E-state index contributed by atoms with van der Waals surface area (Å²) in [7, 11) is 4.00. The van der Waals surface area contributed by atoms with E-state index in [1.165, 1.54) is 0 Å². The van der Waals surface area contributed by atoms with E-state index in [4.69, 9.17) is 10.5 Å². The van der Waals surface area contributed by atoms with Crippen LogP contribution in [0.2, 0.25) is 0 Å². The van der Waals surface area contributed by atoms with Gasteiger partial charge in [0.25, 0.3) is 5.91 Å². The monoisotopic (exact) mass is 305 g/mol. The van der Waals surface area contributed by atoms with Crippen LogP contribution < -0.4 is 15.4 Å². The van der Waals surface area contributed by atoms with Gasteiger partial charge in [0.05, 0.1) is 5.69 Å². The molecule has 0 saturated heterocycles. The molecule has 0 fully saturated rings. The predicted molar refractivity (Wildman–Crippen MR) is 89.2 cm³/mol. The number of nitrogens with zero attached hydrogens (tertiary/aromatic N) is 2. The second-order valence-corrected chi connectivity index (χ2v) is 6.60. The molecule has 22 heavy (non-hydrogen) atoms. The Morgan fingerprint density at radius 3 is 2.73 bits per heavy atom. The highest BCUT2D eigenvalue weighted by molar-refractivity contribution is 5.97. The maximum atomic E-state index is 12.2. The Balaban J connectivity index is 2.25. The van der Waals surface area contributed by atoms with Crippen molar-refractivity contribution in [1.82, 2.24) is 4.90 Å². The highest BCUT2D eigenvalue weighted by Crippen LogP contribution is 2.35. The molecule has 2 N–H and O–H groups in total. The van der Waals surface area contributed by atoms with Crippen molar-refractivity contribution in [3.8, 4) is 5.75 Å². The van der Waals surface area contributed by atoms with Gasteiger partial charge in [-0.3, -0.25) is 4.79 Å². The van der Waals surface area contributed by atoms with E-state index < -0.39 is 0 Å². The number of fused-ring (bicyclic) bond motifs is 1. The predicted octanol–water partition coefficient (Wildman–Crippen LogP) is 2.02. The van der Waals surface area contributed by atoms with Gasteiger partial charge in [-0.25, -0.2) is 0 Å². The van der Waals surface area contributed by atoms with Crippen molar-refractivity contribution in [1.29, 1.82) is 0 Å². The van der Waals surface area contributed by atoms with Gasteiger partial charge in [0.15, 0.2) is 6.61 Å². The third kappa shape index (κ3) is 3.99. The van der Waals surface area contributed by atoms with Crippen molar-refractivity contribution >= 4 is 11.6 Å². The largest absolute Gasteiger partial charge is 0.482 e. The van der Waals surface area contributed by atoms with Crippen molar-refractivity contribution in [3.05, 3.63) is 23.8 Å². The Bertz CT molecular complexity index is 529. The zero-order chi connectivity index (χ0) is 16.3. The van der Waals surface area contributed by atoms with Gasteiger partial charge in [-0.15, -0.1) is 0 Å². The third-order valence-electron chi connectivity index (χ3n) is 3.85. The highest BCUT2D eigenvalue weighted by Gasteiger charge is 2.26. The van der Waals surface area contributed by atoms with Crippen LogP contribution in [0.25, 0.3) is 0 Å². The topological polar surface area (TPSA) is 58.8 Å². The van der Waals surface area contributed by atoms with Gasteiger partial charge in [0.2, 0.25) is 0 Å². The summed E-state index contributed by atoms with van der Waals surface area (Å²) in [6.45, 7) is 5.90. The van der Waals surface area contributed by atoms with Crippen LogP contribution in [0.5, 0.6) is 5.75 Å². The Morgan fingerprint density at radius 1 is 1.36 bits per heavy atom. The highest BCUT2D eigenvalue weighted by atomic mass is 16.5. The zero-order valence-electron chi connectivity index (χ0n) is 14.0. The van der Waals surface area contributed by atoms with Gasteiger partial charge in [-0.1, -0.05) is 19.9 Å². The Kier molecular flexibility index (Phi) is 5.42. The molecule has 1 aliphatic heterocycles. The molecule has 0 saturated carbocycles. The van der Waals surface area contributed by atoms with Crippen LogP contribution in [0.3, 0.4) is 0 Å². The number of rotatable bonds is 6. The molecule has 0 bridgehead atoms. The molecular formula is C17H27N3O2. The number of anilines is 1. The van der Waals surface area contributed by atoms with Crippen LogP contribution in [-0.2, 0) is 4.79 Å². The summed E-state index contributed by atoms with van der Waals surface area (Å²) in [5, 5.41) is 0. The summed E-state index contributed by atoms with van der Waals surface area (Å²) in [4.78, 5) is 16.1. The Morgan fingerprint density at radius 2 is 2.09 bits per heavy atom. The van der Waals surface area contributed by atoms with E-state index in [-0.39, 0.29) is 18.6 Å². The van der Waals surface area contributed by atoms with Crippen LogP contribution in [0.1, 0.15) is 31.9 Å². The van der Waals surface area contributed by atoms with Gasteiger partial charge in [0.1, 0.15) is 5.75 Å². The van der Waals surface area contributed by atoms with Gasteiger partial charge in [-0.2, -0.15) is 0 Å². The molecule has 1 atom stereocenters. The minimum atomic E-state index is -0.0157. The number of likely N-dealkylation sites (N-methyl/N-ethyl adjacent to an activating group) is 1. The van der Waals surface area contributed by atoms with Crippen molar-refractivity contribution < 1.29 is 9.53 Å². The molecule has 1 aliphatic rings. The molecule has 5 nitrogen and oxygen atoms in total. The summed E-state index contributed by atoms with van der Waals surface area (Å²) >= 11 is 0. The van der Waals surface area contributed by atoms with E-state index in [2.05, 4.69) is 18.7 Å². The minimum Gasteiger partial charge on any atom is -0.482 e. The number of amides is 1. The fraction of sp³-hybridized carbons (Fsp3) is 0.588. The fourth-order valence-corrected chi connectivity index (χ4v) is 2.64. The first-order chi connectivity index (χ1) is 10.4. The maximum absolute atomic E-state index is 12.2. The van der Waals surface area contributed by atoms with Gasteiger partial charge < -0.3 is 20.3 Å². The van der Waals surface area contributed by atoms with E-state index in [0.717, 1.165) is 30.0 Å². The fourth-order valence-electron chi connectivity index (χ4n) is 2.64. The van der Waals surface area contributed by atoms with E-state index in [1.807, 2.05) is 37.2 Å². The number of benzene rings is 1. The van der Waals surface area contributed by atoms with Gasteiger partial charge in [0, 0.05) is 19.1 Å². The number of carbonyl (C=O) groups is 1. The molecule has 1 aromatic rings. The first kappa shape index (κ1) is 16.8. The molecule has 5 heteroatoms. The molecule has 1 aromatic carbocycles. The second kappa shape index (κ2) is 7.11. The molecule has 122 valence electrons. The molecule has 0 radical (unpaired) electrons. The van der Waals surface area contributed by atoms with Crippen LogP contribution in [-0.4, -0.2) is 44.6 Å². The van der Waals surface area contributed by atoms with Crippen LogP contribution >= 0.6 is 0 Å². The van der Waals surface area contributed by atoms with E-state index in [9.17, 15) is 4.79 Å². The summed E-state index contributed by atoms with van der Waals surface area (Å²) in [5.74, 6) is 1.30. The molecule has 0 spiro atoms. The molecule has 2 rings (SSSR count). The normalized spacial score (nSPS) is 16.0. The van der Waals surface area contributed by atoms with E-state index in [1.54, 1.807) is 0 Å². The van der Waals surface area contributed by atoms with Gasteiger partial charge >= 0.3 is 0 Å². The Labute approximate surface area is 133 Å². The van der Waals surface area contributed by atoms with Crippen LogP contribution in [0.4, 0.5) is 5.69 Å². The van der Waals surface area contributed by atoms with Crippen molar-refractivity contribution in [2.75, 3.05) is 38.7 Å².